The van der Waals surface area contributed by atoms with Gasteiger partial charge >= 0.3 is 11.9 Å². The van der Waals surface area contributed by atoms with Gasteiger partial charge in [-0.1, -0.05) is 11.6 Å². The third-order valence-corrected chi connectivity index (χ3v) is 2.76. The molecule has 0 bridgehead atoms. The molecule has 0 aromatic rings. The van der Waals surface area contributed by atoms with Gasteiger partial charge in [-0.3, -0.25) is 9.59 Å². The van der Waals surface area contributed by atoms with Gasteiger partial charge in [-0.05, 0) is 19.8 Å². The SMILES string of the molecule is COC(=O)[C@H]1CC=C(C)C[C@H]1C(=O)OC. The molecule has 0 N–H and O–H groups in total. The van der Waals surface area contributed by atoms with Gasteiger partial charge < -0.3 is 9.47 Å². The first-order chi connectivity index (χ1) is 7.10. The highest BCUT2D eigenvalue weighted by atomic mass is 16.5. The first kappa shape index (κ1) is 11.8. The lowest BCUT2D eigenvalue weighted by Crippen LogP contribution is -2.33. The lowest BCUT2D eigenvalue weighted by molar-refractivity contribution is -0.157. The summed E-state index contributed by atoms with van der Waals surface area (Å²) in [7, 11) is 2.67. The summed E-state index contributed by atoms with van der Waals surface area (Å²) in [6, 6.07) is 0. The van der Waals surface area contributed by atoms with Crippen LogP contribution in [0.15, 0.2) is 11.6 Å². The van der Waals surface area contributed by atoms with Crippen molar-refractivity contribution < 1.29 is 19.1 Å². The van der Waals surface area contributed by atoms with Crippen molar-refractivity contribution in [2.24, 2.45) is 11.8 Å². The number of hydrogen-bond donors (Lipinski definition) is 0. The molecule has 4 heteroatoms. The summed E-state index contributed by atoms with van der Waals surface area (Å²) in [4.78, 5) is 22.9. The Hall–Kier alpha value is -1.32. The van der Waals surface area contributed by atoms with E-state index in [0.29, 0.717) is 12.8 Å². The average molecular weight is 212 g/mol. The normalized spacial score (nSPS) is 25.4. The van der Waals surface area contributed by atoms with E-state index in [1.807, 2.05) is 13.0 Å². The van der Waals surface area contributed by atoms with E-state index in [-0.39, 0.29) is 11.9 Å². The second kappa shape index (κ2) is 4.96. The zero-order chi connectivity index (χ0) is 11.4. The van der Waals surface area contributed by atoms with Gasteiger partial charge in [-0.2, -0.15) is 0 Å². The number of esters is 2. The molecule has 1 aliphatic carbocycles. The Labute approximate surface area is 89.2 Å². The molecule has 0 heterocycles. The van der Waals surface area contributed by atoms with Crippen molar-refractivity contribution in [3.8, 4) is 0 Å². The van der Waals surface area contributed by atoms with Crippen molar-refractivity contribution in [1.82, 2.24) is 0 Å². The van der Waals surface area contributed by atoms with Crippen LogP contribution in [0.3, 0.4) is 0 Å². The van der Waals surface area contributed by atoms with Gasteiger partial charge in [-0.15, -0.1) is 0 Å². The van der Waals surface area contributed by atoms with Crippen molar-refractivity contribution in [2.45, 2.75) is 19.8 Å². The zero-order valence-electron chi connectivity index (χ0n) is 9.28. The smallest absolute Gasteiger partial charge is 0.309 e. The molecule has 15 heavy (non-hydrogen) atoms. The maximum atomic E-state index is 11.5. The largest absolute Gasteiger partial charge is 0.469 e. The predicted molar refractivity (Wildman–Crippen MR) is 54.0 cm³/mol. The number of carbonyl (C=O) groups excluding carboxylic acids is 2. The lowest BCUT2D eigenvalue weighted by atomic mass is 9.80. The fourth-order valence-corrected chi connectivity index (χ4v) is 1.88. The topological polar surface area (TPSA) is 52.6 Å². The Kier molecular flexibility index (Phi) is 3.88. The Morgan fingerprint density at radius 2 is 1.73 bits per heavy atom. The van der Waals surface area contributed by atoms with Crippen molar-refractivity contribution in [3.63, 3.8) is 0 Å². The van der Waals surface area contributed by atoms with Crippen molar-refractivity contribution in [2.75, 3.05) is 14.2 Å². The van der Waals surface area contributed by atoms with E-state index >= 15 is 0 Å². The number of ether oxygens (including phenoxy) is 2. The van der Waals surface area contributed by atoms with Gasteiger partial charge in [0.05, 0.1) is 26.1 Å². The number of carbonyl (C=O) groups is 2. The molecule has 1 rings (SSSR count). The van der Waals surface area contributed by atoms with Gasteiger partial charge in [0.25, 0.3) is 0 Å². The fourth-order valence-electron chi connectivity index (χ4n) is 1.88. The number of allylic oxidation sites excluding steroid dienone is 2. The molecule has 0 fully saturated rings. The summed E-state index contributed by atoms with van der Waals surface area (Å²) in [5.41, 5.74) is 1.12. The fraction of sp³-hybridized carbons (Fsp3) is 0.636. The van der Waals surface area contributed by atoms with Crippen LogP contribution in [0.4, 0.5) is 0 Å². The van der Waals surface area contributed by atoms with Crippen molar-refractivity contribution >= 4 is 11.9 Å². The highest BCUT2D eigenvalue weighted by molar-refractivity contribution is 5.82. The summed E-state index contributed by atoms with van der Waals surface area (Å²) in [6.07, 6.45) is 3.10. The minimum atomic E-state index is -0.397. The van der Waals surface area contributed by atoms with Gasteiger partial charge in [-0.25, -0.2) is 0 Å². The molecule has 0 aromatic heterocycles. The molecule has 0 radical (unpaired) electrons. The summed E-state index contributed by atoms with van der Waals surface area (Å²) in [6.45, 7) is 1.95. The minimum absolute atomic E-state index is 0.335. The second-order valence-corrected chi connectivity index (χ2v) is 3.75. The lowest BCUT2D eigenvalue weighted by Gasteiger charge is -2.26. The number of rotatable bonds is 2. The number of hydrogen-bond acceptors (Lipinski definition) is 4. The Morgan fingerprint density at radius 1 is 1.20 bits per heavy atom. The van der Waals surface area contributed by atoms with E-state index in [2.05, 4.69) is 9.47 Å². The molecule has 4 nitrogen and oxygen atoms in total. The first-order valence-electron chi connectivity index (χ1n) is 4.91. The summed E-state index contributed by atoms with van der Waals surface area (Å²) in [5, 5.41) is 0. The molecule has 0 aliphatic heterocycles. The third-order valence-electron chi connectivity index (χ3n) is 2.76. The highest BCUT2D eigenvalue weighted by Gasteiger charge is 2.36. The van der Waals surface area contributed by atoms with Crippen molar-refractivity contribution in [1.29, 1.82) is 0 Å². The van der Waals surface area contributed by atoms with E-state index in [9.17, 15) is 9.59 Å². The van der Waals surface area contributed by atoms with Gasteiger partial charge in [0.1, 0.15) is 0 Å². The van der Waals surface area contributed by atoms with Crippen LogP contribution < -0.4 is 0 Å². The molecule has 1 aliphatic rings. The molecule has 0 saturated carbocycles. The average Bonchev–Trinajstić information content (AvgIpc) is 2.26. The van der Waals surface area contributed by atoms with Crippen LogP contribution in [-0.4, -0.2) is 26.2 Å². The third kappa shape index (κ3) is 2.58. The maximum Gasteiger partial charge on any atom is 0.309 e. The summed E-state index contributed by atoms with van der Waals surface area (Å²) >= 11 is 0. The molecule has 84 valence electrons. The standard InChI is InChI=1S/C11H16O4/c1-7-4-5-8(10(12)14-2)9(6-7)11(13)15-3/h4,8-9H,5-6H2,1-3H3/t8-,9+/m0/s1. The monoisotopic (exact) mass is 212 g/mol. The second-order valence-electron chi connectivity index (χ2n) is 3.75. The van der Waals surface area contributed by atoms with E-state index in [4.69, 9.17) is 0 Å². The first-order valence-corrected chi connectivity index (χ1v) is 4.91. The Bertz CT molecular complexity index is 293. The molecular weight excluding hydrogens is 196 g/mol. The van der Waals surface area contributed by atoms with Crippen molar-refractivity contribution in [3.05, 3.63) is 11.6 Å². The van der Waals surface area contributed by atoms with E-state index in [0.717, 1.165) is 5.57 Å². The van der Waals surface area contributed by atoms with E-state index in [1.54, 1.807) is 0 Å². The highest BCUT2D eigenvalue weighted by Crippen LogP contribution is 2.31. The molecule has 0 amide bonds. The predicted octanol–water partition coefficient (Wildman–Crippen LogP) is 1.30. The number of methoxy groups -OCH3 is 2. The molecular formula is C11H16O4. The van der Waals surface area contributed by atoms with Crippen LogP contribution in [0.25, 0.3) is 0 Å². The van der Waals surface area contributed by atoms with Gasteiger partial charge in [0.15, 0.2) is 0 Å². The molecule has 0 spiro atoms. The van der Waals surface area contributed by atoms with Crippen LogP contribution in [-0.2, 0) is 19.1 Å². The summed E-state index contributed by atoms with van der Waals surface area (Å²) in [5.74, 6) is -1.47. The van der Waals surface area contributed by atoms with Gasteiger partial charge in [0, 0.05) is 0 Å². The quantitative estimate of drug-likeness (QED) is 0.511. The van der Waals surface area contributed by atoms with Crippen LogP contribution >= 0.6 is 0 Å². The maximum absolute atomic E-state index is 11.5. The van der Waals surface area contributed by atoms with Crippen LogP contribution in [0.5, 0.6) is 0 Å². The summed E-state index contributed by atoms with van der Waals surface area (Å²) < 4.78 is 9.36. The zero-order valence-corrected chi connectivity index (χ0v) is 9.28. The van der Waals surface area contributed by atoms with E-state index in [1.165, 1.54) is 14.2 Å². The Balaban J connectivity index is 2.84. The molecule has 0 aromatic carbocycles. The molecule has 2 atom stereocenters. The van der Waals surface area contributed by atoms with Gasteiger partial charge in [0.2, 0.25) is 0 Å². The minimum Gasteiger partial charge on any atom is -0.469 e. The van der Waals surface area contributed by atoms with Crippen LogP contribution in [0.2, 0.25) is 0 Å². The van der Waals surface area contributed by atoms with E-state index < -0.39 is 11.8 Å². The molecule has 0 saturated heterocycles. The van der Waals surface area contributed by atoms with Crippen LogP contribution in [0, 0.1) is 11.8 Å². The molecule has 0 unspecified atom stereocenters. The van der Waals surface area contributed by atoms with Crippen LogP contribution in [0.1, 0.15) is 19.8 Å². The Morgan fingerprint density at radius 3 is 2.27 bits per heavy atom.